The number of ether oxygens (including phenoxy) is 2. The molecule has 5 nitrogen and oxygen atoms in total. The third kappa shape index (κ3) is 4.44. The van der Waals surface area contributed by atoms with Gasteiger partial charge in [-0.3, -0.25) is 9.88 Å². The first-order valence-electron chi connectivity index (χ1n) is 10.4. The molecule has 0 unspecified atom stereocenters. The van der Waals surface area contributed by atoms with Gasteiger partial charge in [0, 0.05) is 50.7 Å². The van der Waals surface area contributed by atoms with Crippen molar-refractivity contribution in [2.45, 2.75) is 38.0 Å². The molecule has 1 aromatic heterocycles. The Morgan fingerprint density at radius 3 is 2.75 bits per heavy atom. The fraction of sp³-hybridized carbons (Fsp3) is 0.522. The number of nitrogens with one attached hydrogen (secondary N) is 1. The molecule has 5 heteroatoms. The lowest BCUT2D eigenvalue weighted by molar-refractivity contribution is -0.125. The van der Waals surface area contributed by atoms with E-state index in [-0.39, 0.29) is 5.54 Å². The standard InChI is InChI=1S/C23H31N3O2/c1-2-28-22-14-23(15-22,26-9-11-27-12-10-26)18-25-16-19-5-3-6-20(13-19)21-7-4-8-24-17-21/h3-8,13,17,22,25H,2,9-12,14-16,18H2,1H3. The van der Waals surface area contributed by atoms with Gasteiger partial charge >= 0.3 is 0 Å². The average molecular weight is 382 g/mol. The maximum Gasteiger partial charge on any atom is 0.0611 e. The molecule has 1 aliphatic heterocycles. The molecule has 2 fully saturated rings. The number of hydrogen-bond acceptors (Lipinski definition) is 5. The van der Waals surface area contributed by atoms with E-state index in [9.17, 15) is 0 Å². The van der Waals surface area contributed by atoms with Gasteiger partial charge in [-0.05, 0) is 48.6 Å². The molecule has 4 rings (SSSR count). The molecule has 0 bridgehead atoms. The summed E-state index contributed by atoms with van der Waals surface area (Å²) in [6, 6.07) is 12.8. The van der Waals surface area contributed by atoms with Crippen molar-refractivity contribution in [3.05, 3.63) is 54.4 Å². The minimum absolute atomic E-state index is 0.213. The van der Waals surface area contributed by atoms with E-state index in [0.717, 1.165) is 64.4 Å². The van der Waals surface area contributed by atoms with Gasteiger partial charge in [0.25, 0.3) is 0 Å². The lowest BCUT2D eigenvalue weighted by atomic mass is 9.72. The van der Waals surface area contributed by atoms with Gasteiger partial charge in [-0.15, -0.1) is 0 Å². The molecule has 1 saturated carbocycles. The highest BCUT2D eigenvalue weighted by Gasteiger charge is 2.48. The summed E-state index contributed by atoms with van der Waals surface area (Å²) in [7, 11) is 0. The molecule has 1 aliphatic carbocycles. The van der Waals surface area contributed by atoms with Crippen LogP contribution < -0.4 is 5.32 Å². The van der Waals surface area contributed by atoms with Crippen LogP contribution in [0.3, 0.4) is 0 Å². The fourth-order valence-corrected chi connectivity index (χ4v) is 4.53. The minimum Gasteiger partial charge on any atom is -0.379 e. The van der Waals surface area contributed by atoms with Crippen molar-refractivity contribution in [1.29, 1.82) is 0 Å². The predicted molar refractivity (Wildman–Crippen MR) is 111 cm³/mol. The first kappa shape index (κ1) is 19.5. The Morgan fingerprint density at radius 1 is 1.18 bits per heavy atom. The Hall–Kier alpha value is -1.79. The van der Waals surface area contributed by atoms with Crippen molar-refractivity contribution in [2.24, 2.45) is 0 Å². The Kier molecular flexibility index (Phi) is 6.37. The van der Waals surface area contributed by atoms with Crippen LogP contribution in [0.1, 0.15) is 25.3 Å². The number of pyridine rings is 1. The summed E-state index contributed by atoms with van der Waals surface area (Å²) in [5.74, 6) is 0. The Morgan fingerprint density at radius 2 is 2.00 bits per heavy atom. The lowest BCUT2D eigenvalue weighted by Gasteiger charge is -2.55. The smallest absolute Gasteiger partial charge is 0.0611 e. The van der Waals surface area contributed by atoms with Crippen LogP contribution in [0.5, 0.6) is 0 Å². The van der Waals surface area contributed by atoms with Crippen molar-refractivity contribution in [3.8, 4) is 11.1 Å². The monoisotopic (exact) mass is 381 g/mol. The highest BCUT2D eigenvalue weighted by Crippen LogP contribution is 2.40. The van der Waals surface area contributed by atoms with Crippen LogP contribution in [-0.4, -0.2) is 61.0 Å². The summed E-state index contributed by atoms with van der Waals surface area (Å²) in [4.78, 5) is 6.85. The molecule has 28 heavy (non-hydrogen) atoms. The molecular formula is C23H31N3O2. The van der Waals surface area contributed by atoms with Gasteiger partial charge in [0.2, 0.25) is 0 Å². The van der Waals surface area contributed by atoms with Crippen LogP contribution in [-0.2, 0) is 16.0 Å². The van der Waals surface area contributed by atoms with Crippen molar-refractivity contribution in [1.82, 2.24) is 15.2 Å². The van der Waals surface area contributed by atoms with Gasteiger partial charge in [-0.2, -0.15) is 0 Å². The normalized spacial score (nSPS) is 25.4. The van der Waals surface area contributed by atoms with E-state index in [4.69, 9.17) is 9.47 Å². The summed E-state index contributed by atoms with van der Waals surface area (Å²) in [5.41, 5.74) is 3.90. The molecule has 1 aromatic carbocycles. The molecule has 2 heterocycles. The molecule has 1 saturated heterocycles. The summed E-state index contributed by atoms with van der Waals surface area (Å²) in [6.07, 6.45) is 6.37. The van der Waals surface area contributed by atoms with Crippen LogP contribution in [0.2, 0.25) is 0 Å². The molecule has 0 amide bonds. The lowest BCUT2D eigenvalue weighted by Crippen LogP contribution is -2.66. The predicted octanol–water partition coefficient (Wildman–Crippen LogP) is 3.11. The van der Waals surface area contributed by atoms with E-state index in [2.05, 4.69) is 52.5 Å². The molecule has 150 valence electrons. The number of benzene rings is 1. The fourth-order valence-electron chi connectivity index (χ4n) is 4.53. The third-order valence-electron chi connectivity index (χ3n) is 6.00. The highest BCUT2D eigenvalue weighted by molar-refractivity contribution is 5.62. The topological polar surface area (TPSA) is 46.6 Å². The second-order valence-corrected chi connectivity index (χ2v) is 7.85. The van der Waals surface area contributed by atoms with Crippen molar-refractivity contribution < 1.29 is 9.47 Å². The van der Waals surface area contributed by atoms with E-state index in [0.29, 0.717) is 6.10 Å². The van der Waals surface area contributed by atoms with Crippen molar-refractivity contribution in [2.75, 3.05) is 39.5 Å². The number of aromatic nitrogens is 1. The second kappa shape index (κ2) is 9.14. The van der Waals surface area contributed by atoms with E-state index >= 15 is 0 Å². The number of nitrogens with zero attached hydrogens (tertiary/aromatic N) is 2. The van der Waals surface area contributed by atoms with Crippen LogP contribution in [0.15, 0.2) is 48.8 Å². The summed E-state index contributed by atoms with van der Waals surface area (Å²) in [5, 5.41) is 3.73. The van der Waals surface area contributed by atoms with Gasteiger partial charge in [0.15, 0.2) is 0 Å². The highest BCUT2D eigenvalue weighted by atomic mass is 16.5. The van der Waals surface area contributed by atoms with E-state index < -0.39 is 0 Å². The summed E-state index contributed by atoms with van der Waals surface area (Å²) >= 11 is 0. The van der Waals surface area contributed by atoms with Gasteiger partial charge in [-0.25, -0.2) is 0 Å². The Balaban J connectivity index is 1.37. The van der Waals surface area contributed by atoms with Crippen LogP contribution in [0, 0.1) is 0 Å². The van der Waals surface area contributed by atoms with E-state index in [1.54, 1.807) is 0 Å². The van der Waals surface area contributed by atoms with Crippen LogP contribution >= 0.6 is 0 Å². The average Bonchev–Trinajstić information content (AvgIpc) is 2.73. The zero-order valence-corrected chi connectivity index (χ0v) is 16.8. The third-order valence-corrected chi connectivity index (χ3v) is 6.00. The molecule has 1 N–H and O–H groups in total. The quantitative estimate of drug-likeness (QED) is 0.761. The Labute approximate surface area is 168 Å². The number of hydrogen-bond donors (Lipinski definition) is 1. The van der Waals surface area contributed by atoms with Gasteiger partial charge in [-0.1, -0.05) is 24.3 Å². The number of rotatable bonds is 8. The van der Waals surface area contributed by atoms with Crippen molar-refractivity contribution in [3.63, 3.8) is 0 Å². The van der Waals surface area contributed by atoms with E-state index in [1.165, 1.54) is 11.1 Å². The maximum atomic E-state index is 5.86. The molecule has 2 aliphatic rings. The summed E-state index contributed by atoms with van der Waals surface area (Å²) in [6.45, 7) is 8.49. The van der Waals surface area contributed by atoms with Crippen LogP contribution in [0.25, 0.3) is 11.1 Å². The molecule has 0 spiro atoms. The van der Waals surface area contributed by atoms with E-state index in [1.807, 2.05) is 18.5 Å². The van der Waals surface area contributed by atoms with Crippen molar-refractivity contribution >= 4 is 0 Å². The number of morpholine rings is 1. The maximum absolute atomic E-state index is 5.86. The zero-order valence-electron chi connectivity index (χ0n) is 16.8. The van der Waals surface area contributed by atoms with Gasteiger partial charge in [0.05, 0.1) is 19.3 Å². The SMILES string of the molecule is CCOC1CC(CNCc2cccc(-c3cccnc3)c2)(N2CCOCC2)C1. The molecular weight excluding hydrogens is 350 g/mol. The zero-order chi connectivity index (χ0) is 19.2. The minimum atomic E-state index is 0.213. The molecule has 0 radical (unpaired) electrons. The Bertz CT molecular complexity index is 741. The molecule has 0 atom stereocenters. The van der Waals surface area contributed by atoms with Gasteiger partial charge < -0.3 is 14.8 Å². The van der Waals surface area contributed by atoms with Crippen LogP contribution in [0.4, 0.5) is 0 Å². The first-order valence-corrected chi connectivity index (χ1v) is 10.4. The molecule has 2 aromatic rings. The van der Waals surface area contributed by atoms with Gasteiger partial charge in [0.1, 0.15) is 0 Å². The first-order chi connectivity index (χ1) is 13.8. The summed E-state index contributed by atoms with van der Waals surface area (Å²) < 4.78 is 11.4. The largest absolute Gasteiger partial charge is 0.379 e. The second-order valence-electron chi connectivity index (χ2n) is 7.85.